The van der Waals surface area contributed by atoms with Gasteiger partial charge in [-0.05, 0) is 36.8 Å². The Kier molecular flexibility index (Phi) is 6.99. The number of pyridine rings is 1. The zero-order valence-corrected chi connectivity index (χ0v) is 15.7. The van der Waals surface area contributed by atoms with Crippen molar-refractivity contribution in [1.29, 1.82) is 0 Å². The first-order chi connectivity index (χ1) is 12.4. The Morgan fingerprint density at radius 3 is 2.69 bits per heavy atom. The van der Waals surface area contributed by atoms with Crippen molar-refractivity contribution in [3.05, 3.63) is 58.3 Å². The summed E-state index contributed by atoms with van der Waals surface area (Å²) in [6.45, 7) is 0. The highest BCUT2D eigenvalue weighted by molar-refractivity contribution is 9.10. The van der Waals surface area contributed by atoms with Gasteiger partial charge in [0, 0.05) is 22.7 Å². The maximum Gasteiger partial charge on any atom is 0.305 e. The summed E-state index contributed by atoms with van der Waals surface area (Å²) in [5, 5.41) is 2.64. The third-order valence-electron chi connectivity index (χ3n) is 3.61. The number of ketones is 1. The summed E-state index contributed by atoms with van der Waals surface area (Å²) in [4.78, 5) is 40.2. The van der Waals surface area contributed by atoms with Gasteiger partial charge in [-0.25, -0.2) is 0 Å². The predicted octanol–water partition coefficient (Wildman–Crippen LogP) is 2.29. The lowest BCUT2D eigenvalue weighted by Crippen LogP contribution is -2.36. The maximum atomic E-state index is 12.7. The number of nitrogens with zero attached hydrogens (tertiary/aromatic N) is 1. The van der Waals surface area contributed by atoms with Crippen LogP contribution >= 0.6 is 15.9 Å². The van der Waals surface area contributed by atoms with Crippen LogP contribution in [0.3, 0.4) is 0 Å². The van der Waals surface area contributed by atoms with E-state index in [2.05, 4.69) is 31.0 Å². The lowest BCUT2D eigenvalue weighted by Gasteiger charge is -2.14. The molecule has 3 N–H and O–H groups in total. The zero-order valence-electron chi connectivity index (χ0n) is 14.1. The lowest BCUT2D eigenvalue weighted by molar-refractivity contribution is -0.140. The van der Waals surface area contributed by atoms with E-state index in [4.69, 9.17) is 5.73 Å². The molecule has 0 bridgehead atoms. The molecule has 2 aromatic rings. The van der Waals surface area contributed by atoms with E-state index < -0.39 is 17.9 Å². The van der Waals surface area contributed by atoms with Gasteiger partial charge in [0.2, 0.25) is 11.7 Å². The number of halogens is 1. The fourth-order valence-electron chi connectivity index (χ4n) is 2.18. The van der Waals surface area contributed by atoms with Crippen molar-refractivity contribution in [1.82, 2.24) is 4.98 Å². The molecule has 136 valence electrons. The van der Waals surface area contributed by atoms with Gasteiger partial charge in [0.1, 0.15) is 5.69 Å². The fraction of sp³-hybridized carbons (Fsp3) is 0.222. The number of amides is 1. The van der Waals surface area contributed by atoms with Gasteiger partial charge in [-0.1, -0.05) is 22.0 Å². The van der Waals surface area contributed by atoms with Gasteiger partial charge >= 0.3 is 5.97 Å². The summed E-state index contributed by atoms with van der Waals surface area (Å²) in [5.41, 5.74) is 6.67. The second-order valence-electron chi connectivity index (χ2n) is 5.44. The average molecular weight is 420 g/mol. The number of hydrogen-bond donors (Lipinski definition) is 2. The third-order valence-corrected chi connectivity index (χ3v) is 4.10. The number of benzene rings is 1. The van der Waals surface area contributed by atoms with Crippen LogP contribution < -0.4 is 11.1 Å². The second kappa shape index (κ2) is 9.21. The summed E-state index contributed by atoms with van der Waals surface area (Å²) < 4.78 is 5.21. The number of nitrogens with two attached hydrogens (primary N) is 1. The number of methoxy groups -OCH3 is 1. The number of rotatable bonds is 7. The molecule has 0 aliphatic rings. The van der Waals surface area contributed by atoms with Crippen LogP contribution in [-0.2, 0) is 14.3 Å². The minimum absolute atomic E-state index is 0.0329. The van der Waals surface area contributed by atoms with E-state index in [0.29, 0.717) is 10.2 Å². The number of ether oxygens (including phenoxy) is 1. The summed E-state index contributed by atoms with van der Waals surface area (Å²) in [5.74, 6) is -1.26. The van der Waals surface area contributed by atoms with Crippen LogP contribution in [0, 0.1) is 0 Å². The highest BCUT2D eigenvalue weighted by Gasteiger charge is 2.20. The SMILES string of the molecule is COC(=O)CC[C@H](N)C(=O)Nc1ccc(Br)cc1C(=O)c1ccccn1. The van der Waals surface area contributed by atoms with Gasteiger partial charge in [-0.3, -0.25) is 19.4 Å². The minimum Gasteiger partial charge on any atom is -0.469 e. The van der Waals surface area contributed by atoms with Crippen molar-refractivity contribution in [2.24, 2.45) is 5.73 Å². The zero-order chi connectivity index (χ0) is 19.1. The van der Waals surface area contributed by atoms with E-state index in [0.717, 1.165) is 0 Å². The van der Waals surface area contributed by atoms with Gasteiger partial charge in [0.15, 0.2) is 0 Å². The van der Waals surface area contributed by atoms with Crippen molar-refractivity contribution < 1.29 is 19.1 Å². The monoisotopic (exact) mass is 419 g/mol. The first-order valence-electron chi connectivity index (χ1n) is 7.81. The second-order valence-corrected chi connectivity index (χ2v) is 6.36. The number of esters is 1. The maximum absolute atomic E-state index is 12.7. The van der Waals surface area contributed by atoms with E-state index in [-0.39, 0.29) is 29.9 Å². The first kappa shape index (κ1) is 19.7. The van der Waals surface area contributed by atoms with Crippen LogP contribution in [0.15, 0.2) is 47.1 Å². The molecule has 0 fully saturated rings. The van der Waals surface area contributed by atoms with Gasteiger partial charge < -0.3 is 15.8 Å². The van der Waals surface area contributed by atoms with Crippen LogP contribution in [0.4, 0.5) is 5.69 Å². The van der Waals surface area contributed by atoms with E-state index in [1.54, 1.807) is 36.4 Å². The summed E-state index contributed by atoms with van der Waals surface area (Å²) in [6, 6.07) is 9.01. The Morgan fingerprint density at radius 2 is 2.04 bits per heavy atom. The summed E-state index contributed by atoms with van der Waals surface area (Å²) in [6.07, 6.45) is 1.69. The van der Waals surface area contributed by atoms with E-state index in [9.17, 15) is 14.4 Å². The molecule has 1 amide bonds. The third kappa shape index (κ3) is 5.21. The Labute approximate surface area is 159 Å². The molecule has 0 unspecified atom stereocenters. The van der Waals surface area contributed by atoms with Crippen molar-refractivity contribution in [2.75, 3.05) is 12.4 Å². The Morgan fingerprint density at radius 1 is 1.27 bits per heavy atom. The molecule has 0 spiro atoms. The highest BCUT2D eigenvalue weighted by atomic mass is 79.9. The molecule has 1 aromatic heterocycles. The summed E-state index contributed by atoms with van der Waals surface area (Å²) in [7, 11) is 1.27. The molecule has 26 heavy (non-hydrogen) atoms. The fourth-order valence-corrected chi connectivity index (χ4v) is 2.54. The molecular formula is C18H18BrN3O4. The molecule has 1 atom stereocenters. The molecule has 1 aromatic carbocycles. The molecule has 0 saturated carbocycles. The largest absolute Gasteiger partial charge is 0.469 e. The van der Waals surface area contributed by atoms with Crippen LogP contribution in [0.1, 0.15) is 28.9 Å². The van der Waals surface area contributed by atoms with E-state index in [1.807, 2.05) is 0 Å². The van der Waals surface area contributed by atoms with Crippen LogP contribution in [-0.4, -0.2) is 35.8 Å². The molecule has 8 heteroatoms. The van der Waals surface area contributed by atoms with Crippen molar-refractivity contribution in [3.8, 4) is 0 Å². The van der Waals surface area contributed by atoms with Gasteiger partial charge in [-0.15, -0.1) is 0 Å². The summed E-state index contributed by atoms with van der Waals surface area (Å²) >= 11 is 3.32. The standard InChI is InChI=1S/C18H18BrN3O4/c1-26-16(23)8-6-13(20)18(25)22-14-7-5-11(19)10-12(14)17(24)15-4-2-3-9-21-15/h2-5,7,9-10,13H,6,8,20H2,1H3,(H,22,25)/t13-/m0/s1. The van der Waals surface area contributed by atoms with Crippen molar-refractivity contribution in [2.45, 2.75) is 18.9 Å². The van der Waals surface area contributed by atoms with Gasteiger partial charge in [0.25, 0.3) is 0 Å². The molecule has 0 saturated heterocycles. The molecule has 7 nitrogen and oxygen atoms in total. The highest BCUT2D eigenvalue weighted by Crippen LogP contribution is 2.23. The molecule has 0 radical (unpaired) electrons. The van der Waals surface area contributed by atoms with Crippen molar-refractivity contribution >= 4 is 39.3 Å². The Balaban J connectivity index is 2.18. The number of hydrogen-bond acceptors (Lipinski definition) is 6. The van der Waals surface area contributed by atoms with E-state index >= 15 is 0 Å². The number of carbonyl (C=O) groups excluding carboxylic acids is 3. The first-order valence-corrected chi connectivity index (χ1v) is 8.60. The normalized spacial score (nSPS) is 11.5. The number of aromatic nitrogens is 1. The Hall–Kier alpha value is -2.58. The Bertz CT molecular complexity index is 811. The van der Waals surface area contributed by atoms with Gasteiger partial charge in [-0.2, -0.15) is 0 Å². The smallest absolute Gasteiger partial charge is 0.305 e. The molecule has 1 heterocycles. The molecule has 0 aliphatic heterocycles. The lowest BCUT2D eigenvalue weighted by atomic mass is 10.0. The van der Waals surface area contributed by atoms with Gasteiger partial charge in [0.05, 0.1) is 18.8 Å². The van der Waals surface area contributed by atoms with Crippen LogP contribution in [0.25, 0.3) is 0 Å². The van der Waals surface area contributed by atoms with Crippen molar-refractivity contribution in [3.63, 3.8) is 0 Å². The van der Waals surface area contributed by atoms with Crippen LogP contribution in [0.5, 0.6) is 0 Å². The molecule has 0 aliphatic carbocycles. The van der Waals surface area contributed by atoms with E-state index in [1.165, 1.54) is 13.3 Å². The predicted molar refractivity (Wildman–Crippen MR) is 99.7 cm³/mol. The quantitative estimate of drug-likeness (QED) is 0.525. The molecule has 2 rings (SSSR count). The average Bonchev–Trinajstić information content (AvgIpc) is 2.67. The molecular weight excluding hydrogens is 402 g/mol. The van der Waals surface area contributed by atoms with Crippen LogP contribution in [0.2, 0.25) is 0 Å². The number of carbonyl (C=O) groups is 3. The number of anilines is 1. The minimum atomic E-state index is -0.907. The topological polar surface area (TPSA) is 111 Å². The number of nitrogens with one attached hydrogen (secondary N) is 1.